The number of carbonyl (C=O) groups excluding carboxylic acids is 3. The molecule has 9 nitrogen and oxygen atoms in total. The SMILES string of the molecule is CCN(CC)c1ccc(C2c3sc(=O)n(CC(=O)Nc4ccc(OC)cc4)c3SC3C(=O)N(c4cccc(C(F)(F)F)c4)C(=O)C32)cc1. The van der Waals surface area contributed by atoms with E-state index in [4.69, 9.17) is 4.74 Å². The topological polar surface area (TPSA) is 101 Å². The number of imide groups is 1. The fourth-order valence-electron chi connectivity index (χ4n) is 6.19. The van der Waals surface area contributed by atoms with Crippen LogP contribution in [0.1, 0.15) is 35.8 Å². The quantitative estimate of drug-likeness (QED) is 0.208. The van der Waals surface area contributed by atoms with Crippen molar-refractivity contribution in [3.8, 4) is 5.75 Å². The van der Waals surface area contributed by atoms with Crippen molar-refractivity contribution in [3.05, 3.63) is 98.5 Å². The highest BCUT2D eigenvalue weighted by atomic mass is 32.2. The molecule has 0 aliphatic carbocycles. The van der Waals surface area contributed by atoms with Gasteiger partial charge in [-0.1, -0.05) is 41.3 Å². The maximum absolute atomic E-state index is 14.1. The van der Waals surface area contributed by atoms with E-state index in [1.165, 1.54) is 17.7 Å². The number of fused-ring (bicyclic) bond motifs is 2. The standard InChI is InChI=1S/C34H31F3N4O5S2/c1-4-39(5-2)22-13-9-19(10-14-22)26-27-28(31(44)41(30(27)43)23-8-6-7-20(17-23)34(35,36)37)47-32-29(26)48-33(45)40(32)18-25(42)38-21-11-15-24(46-3)16-12-21/h6-17,26-28H,4-5,18H2,1-3H3,(H,38,42). The van der Waals surface area contributed by atoms with Crippen molar-refractivity contribution in [2.24, 2.45) is 5.92 Å². The Morgan fingerprint density at radius 2 is 1.65 bits per heavy atom. The van der Waals surface area contributed by atoms with Crippen molar-refractivity contribution in [3.63, 3.8) is 0 Å². The number of thiazole rings is 1. The number of hydrogen-bond donors (Lipinski definition) is 1. The monoisotopic (exact) mass is 696 g/mol. The summed E-state index contributed by atoms with van der Waals surface area (Å²) in [5, 5.41) is 2.09. The average molecular weight is 697 g/mol. The summed E-state index contributed by atoms with van der Waals surface area (Å²) in [5.41, 5.74) is 0.953. The Bertz CT molecular complexity index is 1920. The van der Waals surface area contributed by atoms with E-state index in [0.717, 1.165) is 65.0 Å². The Morgan fingerprint density at radius 1 is 0.958 bits per heavy atom. The van der Waals surface area contributed by atoms with Crippen LogP contribution in [0.2, 0.25) is 0 Å². The highest BCUT2D eigenvalue weighted by Gasteiger charge is 2.57. The van der Waals surface area contributed by atoms with Crippen LogP contribution in [-0.2, 0) is 27.1 Å². The Labute approximate surface area is 282 Å². The van der Waals surface area contributed by atoms with Crippen LogP contribution in [0.5, 0.6) is 5.75 Å². The zero-order valence-corrected chi connectivity index (χ0v) is 27.7. The van der Waals surface area contributed by atoms with Crippen LogP contribution in [0, 0.1) is 5.92 Å². The van der Waals surface area contributed by atoms with E-state index in [-0.39, 0.29) is 12.2 Å². The van der Waals surface area contributed by atoms with Gasteiger partial charge in [-0.25, -0.2) is 4.90 Å². The summed E-state index contributed by atoms with van der Waals surface area (Å²) in [7, 11) is 1.52. The average Bonchev–Trinajstić information content (AvgIpc) is 3.51. The Hall–Kier alpha value is -4.56. The molecule has 3 aromatic carbocycles. The van der Waals surface area contributed by atoms with E-state index in [0.29, 0.717) is 26.9 Å². The minimum absolute atomic E-state index is 0.176. The van der Waals surface area contributed by atoms with Gasteiger partial charge >= 0.3 is 11.0 Å². The number of halogens is 3. The lowest BCUT2D eigenvalue weighted by Gasteiger charge is -2.31. The highest BCUT2D eigenvalue weighted by molar-refractivity contribution is 8.00. The predicted octanol–water partition coefficient (Wildman–Crippen LogP) is 6.22. The van der Waals surface area contributed by atoms with Gasteiger partial charge in [0.25, 0.3) is 0 Å². The predicted molar refractivity (Wildman–Crippen MR) is 179 cm³/mol. The summed E-state index contributed by atoms with van der Waals surface area (Å²) < 4.78 is 47.2. The smallest absolute Gasteiger partial charge is 0.416 e. The van der Waals surface area contributed by atoms with Crippen LogP contribution in [0.25, 0.3) is 0 Å². The van der Waals surface area contributed by atoms with Crippen LogP contribution < -0.4 is 24.7 Å². The minimum Gasteiger partial charge on any atom is -0.497 e. The summed E-state index contributed by atoms with van der Waals surface area (Å²) in [6.45, 7) is 5.25. The number of carbonyl (C=O) groups is 3. The van der Waals surface area contributed by atoms with Gasteiger partial charge in [0, 0.05) is 35.3 Å². The van der Waals surface area contributed by atoms with E-state index >= 15 is 0 Å². The molecule has 1 fully saturated rings. The molecule has 1 aromatic heterocycles. The maximum Gasteiger partial charge on any atom is 0.416 e. The summed E-state index contributed by atoms with van der Waals surface area (Å²) in [5.74, 6) is -2.96. The second kappa shape index (κ2) is 13.2. The Balaban J connectivity index is 1.40. The van der Waals surface area contributed by atoms with Crippen LogP contribution in [0.15, 0.2) is 82.6 Å². The number of ether oxygens (including phenoxy) is 1. The first kappa shape index (κ1) is 33.3. The van der Waals surface area contributed by atoms with E-state index < -0.39 is 51.4 Å². The van der Waals surface area contributed by atoms with E-state index in [1.54, 1.807) is 24.3 Å². The number of alkyl halides is 3. The van der Waals surface area contributed by atoms with Gasteiger partial charge in [0.1, 0.15) is 17.5 Å². The number of nitrogens with zero attached hydrogens (tertiary/aromatic N) is 3. The van der Waals surface area contributed by atoms with Gasteiger partial charge in [-0.05, 0) is 74.0 Å². The van der Waals surface area contributed by atoms with E-state index in [9.17, 15) is 32.3 Å². The molecular formula is C34H31F3N4O5S2. The number of rotatable bonds is 9. The van der Waals surface area contributed by atoms with Crippen molar-refractivity contribution in [1.82, 2.24) is 4.57 Å². The maximum atomic E-state index is 14.1. The first-order chi connectivity index (χ1) is 22.9. The summed E-state index contributed by atoms with van der Waals surface area (Å²) >= 11 is 1.89. The second-order valence-corrected chi connectivity index (χ2v) is 13.4. The molecule has 48 heavy (non-hydrogen) atoms. The zero-order valence-electron chi connectivity index (χ0n) is 26.1. The molecule has 1 saturated heterocycles. The van der Waals surface area contributed by atoms with Crippen LogP contribution in [0.3, 0.4) is 0 Å². The van der Waals surface area contributed by atoms with E-state index in [1.807, 2.05) is 38.1 Å². The number of aromatic nitrogens is 1. The molecular weight excluding hydrogens is 666 g/mol. The molecule has 3 heterocycles. The van der Waals surface area contributed by atoms with Crippen molar-refractivity contribution in [1.29, 1.82) is 0 Å². The van der Waals surface area contributed by atoms with Gasteiger partial charge in [-0.2, -0.15) is 13.2 Å². The minimum atomic E-state index is -4.68. The highest BCUT2D eigenvalue weighted by Crippen LogP contribution is 2.54. The molecule has 4 aromatic rings. The van der Waals surface area contributed by atoms with Gasteiger partial charge in [-0.15, -0.1) is 0 Å². The van der Waals surface area contributed by atoms with Crippen molar-refractivity contribution in [2.75, 3.05) is 35.3 Å². The normalized spacial score (nSPS) is 18.8. The number of nitrogens with one attached hydrogen (secondary N) is 1. The molecule has 250 valence electrons. The van der Waals surface area contributed by atoms with Crippen LogP contribution in [0.4, 0.5) is 30.2 Å². The van der Waals surface area contributed by atoms with Crippen molar-refractivity contribution < 1.29 is 32.3 Å². The summed E-state index contributed by atoms with van der Waals surface area (Å²) in [4.78, 5) is 57.8. The first-order valence-corrected chi connectivity index (χ1v) is 16.9. The van der Waals surface area contributed by atoms with Crippen molar-refractivity contribution >= 4 is 57.9 Å². The number of thioether (sulfide) groups is 1. The summed E-state index contributed by atoms with van der Waals surface area (Å²) in [6, 6.07) is 18.3. The van der Waals surface area contributed by atoms with Crippen LogP contribution >= 0.6 is 23.1 Å². The van der Waals surface area contributed by atoms with Gasteiger partial charge in [-0.3, -0.25) is 23.7 Å². The molecule has 3 amide bonds. The lowest BCUT2D eigenvalue weighted by molar-refractivity contribution is -0.137. The second-order valence-electron chi connectivity index (χ2n) is 11.3. The van der Waals surface area contributed by atoms with Crippen molar-refractivity contribution in [2.45, 2.75) is 42.8 Å². The third-order valence-corrected chi connectivity index (χ3v) is 11.1. The van der Waals surface area contributed by atoms with E-state index in [2.05, 4.69) is 10.2 Å². The number of benzene rings is 3. The molecule has 3 atom stereocenters. The Kier molecular flexibility index (Phi) is 9.14. The number of anilines is 3. The van der Waals surface area contributed by atoms with Gasteiger partial charge < -0.3 is 15.0 Å². The number of amides is 3. The molecule has 0 radical (unpaired) electrons. The molecule has 6 rings (SSSR count). The lowest BCUT2D eigenvalue weighted by Crippen LogP contribution is -2.33. The molecule has 0 spiro atoms. The third kappa shape index (κ3) is 6.10. The number of hydrogen-bond acceptors (Lipinski definition) is 8. The fraction of sp³-hybridized carbons (Fsp3) is 0.294. The van der Waals surface area contributed by atoms with Gasteiger partial charge in [0.05, 0.1) is 29.3 Å². The van der Waals surface area contributed by atoms with Gasteiger partial charge in [0.15, 0.2) is 0 Å². The molecule has 0 saturated carbocycles. The van der Waals surface area contributed by atoms with Gasteiger partial charge in [0.2, 0.25) is 17.7 Å². The fourth-order valence-corrected chi connectivity index (χ4v) is 8.96. The molecule has 0 bridgehead atoms. The summed E-state index contributed by atoms with van der Waals surface area (Å²) in [6.07, 6.45) is -4.68. The lowest BCUT2D eigenvalue weighted by atomic mass is 9.83. The molecule has 14 heteroatoms. The third-order valence-electron chi connectivity index (χ3n) is 8.54. The Morgan fingerprint density at radius 3 is 2.27 bits per heavy atom. The van der Waals surface area contributed by atoms with Crippen LogP contribution in [-0.4, -0.2) is 47.7 Å². The first-order valence-electron chi connectivity index (χ1n) is 15.2. The molecule has 1 N–H and O–H groups in total. The molecule has 2 aliphatic heterocycles. The zero-order chi connectivity index (χ0) is 34.3. The largest absolute Gasteiger partial charge is 0.497 e. The molecule has 2 aliphatic rings. The molecule has 3 unspecified atom stereocenters. The number of methoxy groups -OCH3 is 1.